The van der Waals surface area contributed by atoms with Crippen molar-refractivity contribution in [3.05, 3.63) is 24.2 Å². The zero-order chi connectivity index (χ0) is 13.2. The van der Waals surface area contributed by atoms with Crippen LogP contribution in [0.25, 0.3) is 5.52 Å². The van der Waals surface area contributed by atoms with Crippen molar-refractivity contribution < 1.29 is 0 Å². The van der Waals surface area contributed by atoms with Gasteiger partial charge in [0.2, 0.25) is 0 Å². The van der Waals surface area contributed by atoms with Crippen molar-refractivity contribution in [1.82, 2.24) is 19.6 Å². The number of hydrazine groups is 1. The van der Waals surface area contributed by atoms with Crippen LogP contribution in [0.2, 0.25) is 0 Å². The molecule has 2 aromatic heterocycles. The van der Waals surface area contributed by atoms with Crippen LogP contribution in [0.4, 0.5) is 5.82 Å². The summed E-state index contributed by atoms with van der Waals surface area (Å²) >= 11 is 0. The summed E-state index contributed by atoms with van der Waals surface area (Å²) in [6.07, 6.45) is 7.55. The Bertz CT molecular complexity index is 554. The predicted molar refractivity (Wildman–Crippen MR) is 76.1 cm³/mol. The van der Waals surface area contributed by atoms with Gasteiger partial charge >= 0.3 is 0 Å². The highest BCUT2D eigenvalue weighted by atomic mass is 15.5. The molecule has 0 bridgehead atoms. The molecule has 19 heavy (non-hydrogen) atoms. The lowest BCUT2D eigenvalue weighted by atomic mass is 10.1. The number of aromatic nitrogens is 3. The van der Waals surface area contributed by atoms with E-state index in [1.807, 2.05) is 10.7 Å². The fourth-order valence-electron chi connectivity index (χ4n) is 2.46. The molecule has 102 valence electrons. The zero-order valence-electron chi connectivity index (χ0n) is 11.6. The number of hydrogen-bond donors (Lipinski definition) is 1. The van der Waals surface area contributed by atoms with Gasteiger partial charge in [0.15, 0.2) is 5.82 Å². The van der Waals surface area contributed by atoms with Crippen molar-refractivity contribution in [3.63, 3.8) is 0 Å². The van der Waals surface area contributed by atoms with Gasteiger partial charge in [-0.15, -0.1) is 0 Å². The first-order chi connectivity index (χ1) is 9.24. The van der Waals surface area contributed by atoms with Crippen LogP contribution in [0.3, 0.4) is 0 Å². The Hall–Kier alpha value is -1.62. The summed E-state index contributed by atoms with van der Waals surface area (Å²) < 4.78 is 1.91. The third kappa shape index (κ3) is 2.56. The van der Waals surface area contributed by atoms with Crippen molar-refractivity contribution >= 4 is 11.3 Å². The zero-order valence-corrected chi connectivity index (χ0v) is 11.6. The highest BCUT2D eigenvalue weighted by Gasteiger charge is 2.14. The molecule has 0 unspecified atom stereocenters. The van der Waals surface area contributed by atoms with Crippen LogP contribution in [0, 0.1) is 0 Å². The molecular weight excluding hydrogens is 238 g/mol. The van der Waals surface area contributed by atoms with Crippen LogP contribution in [-0.4, -0.2) is 32.7 Å². The Balaban J connectivity index is 1.89. The smallest absolute Gasteiger partial charge is 0.166 e. The number of piperidine rings is 1. The van der Waals surface area contributed by atoms with Crippen LogP contribution >= 0.6 is 0 Å². The van der Waals surface area contributed by atoms with Crippen molar-refractivity contribution in [2.24, 2.45) is 0 Å². The Labute approximate surface area is 113 Å². The fraction of sp³-hybridized carbons (Fsp3) is 0.571. The van der Waals surface area contributed by atoms with Crippen LogP contribution in [0.1, 0.15) is 44.7 Å². The molecule has 0 spiro atoms. The molecule has 0 amide bonds. The summed E-state index contributed by atoms with van der Waals surface area (Å²) in [7, 11) is 0. The maximum absolute atomic E-state index is 4.58. The molecule has 3 rings (SSSR count). The Morgan fingerprint density at radius 3 is 2.74 bits per heavy atom. The molecule has 2 aromatic rings. The van der Waals surface area contributed by atoms with E-state index in [2.05, 4.69) is 40.4 Å². The summed E-state index contributed by atoms with van der Waals surface area (Å²) in [5.74, 6) is 1.34. The van der Waals surface area contributed by atoms with Gasteiger partial charge in [0.05, 0.1) is 5.69 Å². The topological polar surface area (TPSA) is 45.5 Å². The van der Waals surface area contributed by atoms with E-state index in [0.29, 0.717) is 5.92 Å². The second kappa shape index (κ2) is 5.17. The van der Waals surface area contributed by atoms with Gasteiger partial charge in [-0.05, 0) is 24.8 Å². The first kappa shape index (κ1) is 12.4. The molecular formula is C14H21N5. The molecule has 5 heteroatoms. The lowest BCUT2D eigenvalue weighted by molar-refractivity contribution is 0.272. The number of rotatable bonds is 3. The fourth-order valence-corrected chi connectivity index (χ4v) is 2.46. The molecule has 0 saturated carbocycles. The van der Waals surface area contributed by atoms with E-state index >= 15 is 0 Å². The second-order valence-corrected chi connectivity index (χ2v) is 5.49. The summed E-state index contributed by atoms with van der Waals surface area (Å²) in [6.45, 7) is 6.50. The molecule has 3 heterocycles. The highest BCUT2D eigenvalue weighted by Crippen LogP contribution is 2.21. The third-order valence-electron chi connectivity index (χ3n) is 3.62. The molecule has 0 aromatic carbocycles. The van der Waals surface area contributed by atoms with E-state index in [1.54, 1.807) is 6.20 Å². The minimum atomic E-state index is 0.433. The Kier molecular flexibility index (Phi) is 3.38. The summed E-state index contributed by atoms with van der Waals surface area (Å²) in [5.41, 5.74) is 5.60. The van der Waals surface area contributed by atoms with E-state index in [0.717, 1.165) is 30.1 Å². The lowest BCUT2D eigenvalue weighted by Crippen LogP contribution is -2.35. The van der Waals surface area contributed by atoms with Gasteiger partial charge in [-0.2, -0.15) is 5.10 Å². The second-order valence-electron chi connectivity index (χ2n) is 5.49. The van der Waals surface area contributed by atoms with E-state index in [9.17, 15) is 0 Å². The van der Waals surface area contributed by atoms with Crippen LogP contribution < -0.4 is 5.43 Å². The summed E-state index contributed by atoms with van der Waals surface area (Å²) in [5, 5.41) is 6.84. The normalized spacial score (nSPS) is 17.2. The average molecular weight is 259 g/mol. The third-order valence-corrected chi connectivity index (χ3v) is 3.62. The van der Waals surface area contributed by atoms with E-state index in [4.69, 9.17) is 0 Å². The minimum absolute atomic E-state index is 0.433. The summed E-state index contributed by atoms with van der Waals surface area (Å²) in [6, 6.07) is 2.13. The predicted octanol–water partition coefficient (Wildman–Crippen LogP) is 2.67. The van der Waals surface area contributed by atoms with E-state index in [1.165, 1.54) is 19.3 Å². The first-order valence-electron chi connectivity index (χ1n) is 7.10. The molecule has 0 aliphatic carbocycles. The van der Waals surface area contributed by atoms with Crippen LogP contribution in [-0.2, 0) is 0 Å². The largest absolute Gasteiger partial charge is 0.301 e. The van der Waals surface area contributed by atoms with Gasteiger partial charge < -0.3 is 5.43 Å². The minimum Gasteiger partial charge on any atom is -0.301 e. The number of fused-ring (bicyclic) bond motifs is 1. The summed E-state index contributed by atoms with van der Waals surface area (Å²) in [4.78, 5) is 4.46. The van der Waals surface area contributed by atoms with Crippen molar-refractivity contribution in [3.8, 4) is 0 Å². The highest BCUT2D eigenvalue weighted by molar-refractivity contribution is 5.67. The molecule has 1 N–H and O–H groups in total. The number of anilines is 1. The van der Waals surface area contributed by atoms with Gasteiger partial charge in [-0.3, -0.25) is 0 Å². The van der Waals surface area contributed by atoms with Crippen LogP contribution in [0.5, 0.6) is 0 Å². The lowest BCUT2D eigenvalue weighted by Gasteiger charge is -2.27. The Morgan fingerprint density at radius 1 is 1.21 bits per heavy atom. The number of hydrogen-bond acceptors (Lipinski definition) is 4. The van der Waals surface area contributed by atoms with Crippen LogP contribution in [0.15, 0.2) is 18.5 Å². The number of nitrogens with zero attached hydrogens (tertiary/aromatic N) is 4. The van der Waals surface area contributed by atoms with Gasteiger partial charge in [-0.1, -0.05) is 20.3 Å². The molecule has 0 atom stereocenters. The molecule has 5 nitrogen and oxygen atoms in total. The quantitative estimate of drug-likeness (QED) is 0.920. The van der Waals surface area contributed by atoms with Gasteiger partial charge in [0, 0.05) is 25.5 Å². The standard InChI is InChI=1S/C14H21N5/c1-11(2)12-10-13-14(15-6-9-19(13)16-12)17-18-7-4-3-5-8-18/h6,9-11H,3-5,7-8H2,1-2H3,(H,15,17). The van der Waals surface area contributed by atoms with Gasteiger partial charge in [0.25, 0.3) is 0 Å². The van der Waals surface area contributed by atoms with Crippen molar-refractivity contribution in [1.29, 1.82) is 0 Å². The maximum atomic E-state index is 4.58. The van der Waals surface area contributed by atoms with Crippen molar-refractivity contribution in [2.75, 3.05) is 18.5 Å². The van der Waals surface area contributed by atoms with Crippen molar-refractivity contribution in [2.45, 2.75) is 39.0 Å². The van der Waals surface area contributed by atoms with E-state index in [-0.39, 0.29) is 0 Å². The Morgan fingerprint density at radius 2 is 2.00 bits per heavy atom. The monoisotopic (exact) mass is 259 g/mol. The SMILES string of the molecule is CC(C)c1cc2c(NN3CCCCC3)nccn2n1. The molecule has 1 aliphatic rings. The maximum Gasteiger partial charge on any atom is 0.166 e. The average Bonchev–Trinajstić information content (AvgIpc) is 2.85. The molecule has 1 fully saturated rings. The molecule has 1 aliphatic heterocycles. The molecule has 0 radical (unpaired) electrons. The molecule has 1 saturated heterocycles. The van der Waals surface area contributed by atoms with E-state index < -0.39 is 0 Å². The van der Waals surface area contributed by atoms with Gasteiger partial charge in [-0.25, -0.2) is 14.5 Å². The van der Waals surface area contributed by atoms with Gasteiger partial charge in [0.1, 0.15) is 5.52 Å². The number of nitrogens with one attached hydrogen (secondary N) is 1. The first-order valence-corrected chi connectivity index (χ1v) is 7.10.